The Morgan fingerprint density at radius 2 is 1.88 bits per heavy atom. The Balaban J connectivity index is 1.67. The highest BCUT2D eigenvalue weighted by molar-refractivity contribution is 5.92. The molecule has 1 aromatic heterocycles. The quantitative estimate of drug-likeness (QED) is 0.741. The lowest BCUT2D eigenvalue weighted by atomic mass is 10.2. The van der Waals surface area contributed by atoms with Gasteiger partial charge in [0, 0.05) is 23.0 Å². The van der Waals surface area contributed by atoms with Crippen molar-refractivity contribution in [2.75, 3.05) is 11.9 Å². The molecule has 0 spiro atoms. The minimum Gasteiger partial charge on any atom is -0.484 e. The molecule has 0 aliphatic carbocycles. The first-order valence-electron chi connectivity index (χ1n) is 8.17. The monoisotopic (exact) mass is 349 g/mol. The van der Waals surface area contributed by atoms with Gasteiger partial charge in [0.25, 0.3) is 11.5 Å². The highest BCUT2D eigenvalue weighted by Crippen LogP contribution is 2.19. The molecule has 6 heteroatoms. The lowest BCUT2D eigenvalue weighted by molar-refractivity contribution is -0.118. The zero-order chi connectivity index (χ0) is 18.5. The minimum atomic E-state index is -0.270. The second-order valence-corrected chi connectivity index (χ2v) is 5.97. The van der Waals surface area contributed by atoms with Gasteiger partial charge in [-0.1, -0.05) is 29.8 Å². The zero-order valence-electron chi connectivity index (χ0n) is 14.6. The molecule has 3 aromatic rings. The van der Waals surface area contributed by atoms with E-state index < -0.39 is 0 Å². The minimum absolute atomic E-state index is 0.0905. The van der Waals surface area contributed by atoms with Crippen molar-refractivity contribution in [3.05, 3.63) is 76.2 Å². The fourth-order valence-electron chi connectivity index (χ4n) is 2.44. The number of anilines is 1. The largest absolute Gasteiger partial charge is 0.484 e. The van der Waals surface area contributed by atoms with Crippen LogP contribution in [-0.2, 0) is 4.79 Å². The molecule has 1 amide bonds. The highest BCUT2D eigenvalue weighted by Gasteiger charge is 2.07. The summed E-state index contributed by atoms with van der Waals surface area (Å²) in [7, 11) is 0. The van der Waals surface area contributed by atoms with Crippen molar-refractivity contribution in [1.82, 2.24) is 9.97 Å². The molecule has 132 valence electrons. The topological polar surface area (TPSA) is 84.1 Å². The number of carbonyl (C=O) groups is 1. The summed E-state index contributed by atoms with van der Waals surface area (Å²) in [4.78, 5) is 30.7. The van der Waals surface area contributed by atoms with Gasteiger partial charge in [0.05, 0.1) is 0 Å². The van der Waals surface area contributed by atoms with Crippen LogP contribution in [0.15, 0.2) is 59.4 Å². The second-order valence-electron chi connectivity index (χ2n) is 5.97. The summed E-state index contributed by atoms with van der Waals surface area (Å²) in [5.74, 6) is 0.830. The van der Waals surface area contributed by atoms with E-state index in [-0.39, 0.29) is 18.1 Å². The SMILES string of the molecule is Cc1ccc(OCC(=O)Nc2cccc(-c3nc(C)cc(=O)[nH]3)c2)cc1. The summed E-state index contributed by atoms with van der Waals surface area (Å²) in [6, 6.07) is 16.0. The number of hydrogen-bond donors (Lipinski definition) is 2. The average Bonchev–Trinajstić information content (AvgIpc) is 2.61. The lowest BCUT2D eigenvalue weighted by Gasteiger charge is -2.09. The molecule has 6 nitrogen and oxygen atoms in total. The summed E-state index contributed by atoms with van der Waals surface area (Å²) in [5, 5.41) is 2.78. The van der Waals surface area contributed by atoms with Crippen molar-refractivity contribution < 1.29 is 9.53 Å². The van der Waals surface area contributed by atoms with Crippen LogP contribution in [0.25, 0.3) is 11.4 Å². The van der Waals surface area contributed by atoms with Gasteiger partial charge in [-0.15, -0.1) is 0 Å². The van der Waals surface area contributed by atoms with Crippen LogP contribution in [0, 0.1) is 13.8 Å². The summed E-state index contributed by atoms with van der Waals surface area (Å²) >= 11 is 0. The van der Waals surface area contributed by atoms with Crippen molar-refractivity contribution in [2.24, 2.45) is 0 Å². The molecule has 0 saturated heterocycles. The van der Waals surface area contributed by atoms with Gasteiger partial charge >= 0.3 is 0 Å². The normalized spacial score (nSPS) is 10.4. The Morgan fingerprint density at radius 1 is 1.12 bits per heavy atom. The second kappa shape index (κ2) is 7.65. The molecule has 0 aliphatic rings. The number of aromatic nitrogens is 2. The Hall–Kier alpha value is -3.41. The molecule has 0 saturated carbocycles. The molecule has 0 radical (unpaired) electrons. The van der Waals surface area contributed by atoms with Gasteiger partial charge in [0.2, 0.25) is 0 Å². The van der Waals surface area contributed by atoms with Gasteiger partial charge in [-0.25, -0.2) is 4.98 Å². The Kier molecular flexibility index (Phi) is 5.12. The van der Waals surface area contributed by atoms with E-state index in [1.807, 2.05) is 37.3 Å². The number of nitrogens with one attached hydrogen (secondary N) is 2. The predicted molar refractivity (Wildman–Crippen MR) is 100 cm³/mol. The Bertz CT molecular complexity index is 978. The van der Waals surface area contributed by atoms with Crippen molar-refractivity contribution in [3.8, 4) is 17.1 Å². The van der Waals surface area contributed by atoms with E-state index >= 15 is 0 Å². The summed E-state index contributed by atoms with van der Waals surface area (Å²) in [5.41, 5.74) is 2.85. The van der Waals surface area contributed by atoms with Crippen LogP contribution in [0.1, 0.15) is 11.3 Å². The van der Waals surface area contributed by atoms with E-state index in [0.29, 0.717) is 28.5 Å². The van der Waals surface area contributed by atoms with E-state index in [4.69, 9.17) is 4.74 Å². The first kappa shape index (κ1) is 17.4. The number of benzene rings is 2. The maximum absolute atomic E-state index is 12.1. The van der Waals surface area contributed by atoms with Crippen LogP contribution < -0.4 is 15.6 Å². The maximum Gasteiger partial charge on any atom is 0.262 e. The van der Waals surface area contributed by atoms with Crippen molar-refractivity contribution in [3.63, 3.8) is 0 Å². The number of hydrogen-bond acceptors (Lipinski definition) is 4. The van der Waals surface area contributed by atoms with Gasteiger partial charge in [-0.2, -0.15) is 0 Å². The third kappa shape index (κ3) is 4.57. The molecule has 0 atom stereocenters. The number of aromatic amines is 1. The molecule has 26 heavy (non-hydrogen) atoms. The molecule has 0 aliphatic heterocycles. The van der Waals surface area contributed by atoms with Crippen molar-refractivity contribution in [1.29, 1.82) is 0 Å². The smallest absolute Gasteiger partial charge is 0.262 e. The third-order valence-electron chi connectivity index (χ3n) is 3.68. The third-order valence-corrected chi connectivity index (χ3v) is 3.68. The summed E-state index contributed by atoms with van der Waals surface area (Å²) in [6.45, 7) is 3.65. The number of rotatable bonds is 5. The molecule has 0 fully saturated rings. The zero-order valence-corrected chi connectivity index (χ0v) is 14.6. The van der Waals surface area contributed by atoms with Crippen LogP contribution in [0.5, 0.6) is 5.75 Å². The number of H-pyrrole nitrogens is 1. The average molecular weight is 349 g/mol. The van der Waals surface area contributed by atoms with Crippen LogP contribution in [0.4, 0.5) is 5.69 Å². The van der Waals surface area contributed by atoms with Crippen LogP contribution in [0.3, 0.4) is 0 Å². The van der Waals surface area contributed by atoms with E-state index in [1.165, 1.54) is 6.07 Å². The van der Waals surface area contributed by atoms with E-state index in [1.54, 1.807) is 25.1 Å². The molecule has 0 unspecified atom stereocenters. The van der Waals surface area contributed by atoms with Crippen molar-refractivity contribution in [2.45, 2.75) is 13.8 Å². The van der Waals surface area contributed by atoms with Crippen LogP contribution >= 0.6 is 0 Å². The number of nitrogens with zero attached hydrogens (tertiary/aromatic N) is 1. The predicted octanol–water partition coefficient (Wildman–Crippen LogP) is 3.07. The van der Waals surface area contributed by atoms with Gasteiger partial charge in [0.15, 0.2) is 6.61 Å². The maximum atomic E-state index is 12.1. The lowest BCUT2D eigenvalue weighted by Crippen LogP contribution is -2.20. The standard InChI is InChI=1S/C20H19N3O3/c1-13-6-8-17(9-7-13)26-12-19(25)22-16-5-3-4-15(11-16)20-21-14(2)10-18(24)23-20/h3-11H,12H2,1-2H3,(H,22,25)(H,21,23,24). The Labute approximate surface area is 150 Å². The molecule has 2 aromatic carbocycles. The fraction of sp³-hybridized carbons (Fsp3) is 0.150. The van der Waals surface area contributed by atoms with Gasteiger partial charge < -0.3 is 15.0 Å². The van der Waals surface area contributed by atoms with Crippen LogP contribution in [0.2, 0.25) is 0 Å². The highest BCUT2D eigenvalue weighted by atomic mass is 16.5. The van der Waals surface area contributed by atoms with Gasteiger partial charge in [-0.3, -0.25) is 9.59 Å². The first-order valence-corrected chi connectivity index (χ1v) is 8.17. The molecule has 2 N–H and O–H groups in total. The van der Waals surface area contributed by atoms with Crippen LogP contribution in [-0.4, -0.2) is 22.5 Å². The Morgan fingerprint density at radius 3 is 2.62 bits per heavy atom. The molecular formula is C20H19N3O3. The number of carbonyl (C=O) groups excluding carboxylic acids is 1. The number of ether oxygens (including phenoxy) is 1. The fourth-order valence-corrected chi connectivity index (χ4v) is 2.44. The summed E-state index contributed by atoms with van der Waals surface area (Å²) in [6.07, 6.45) is 0. The molecular weight excluding hydrogens is 330 g/mol. The van der Waals surface area contributed by atoms with E-state index in [2.05, 4.69) is 15.3 Å². The number of aryl methyl sites for hydroxylation is 2. The van der Waals surface area contributed by atoms with Crippen molar-refractivity contribution >= 4 is 11.6 Å². The molecule has 0 bridgehead atoms. The van der Waals surface area contributed by atoms with Gasteiger partial charge in [0.1, 0.15) is 11.6 Å². The number of amides is 1. The molecule has 1 heterocycles. The van der Waals surface area contributed by atoms with E-state index in [9.17, 15) is 9.59 Å². The van der Waals surface area contributed by atoms with Gasteiger partial charge in [-0.05, 0) is 38.1 Å². The first-order chi connectivity index (χ1) is 12.5. The molecule has 3 rings (SSSR count). The van der Waals surface area contributed by atoms with E-state index in [0.717, 1.165) is 5.56 Å². The summed E-state index contributed by atoms with van der Waals surface area (Å²) < 4.78 is 5.47.